The van der Waals surface area contributed by atoms with Crippen molar-refractivity contribution in [2.75, 3.05) is 0 Å². The van der Waals surface area contributed by atoms with Crippen LogP contribution in [0.15, 0.2) is 105 Å². The average Bonchev–Trinajstić information content (AvgIpc) is 2.82. The van der Waals surface area contributed by atoms with Gasteiger partial charge in [-0.2, -0.15) is 0 Å². The number of esters is 2. The van der Waals surface area contributed by atoms with E-state index in [1.165, 1.54) is 0 Å². The molecule has 0 atom stereocenters. The molecule has 3 aromatic carbocycles. The number of rotatable bonds is 10. The van der Waals surface area contributed by atoms with E-state index in [4.69, 9.17) is 9.47 Å². The number of para-hydroxylation sites is 2. The zero-order chi connectivity index (χ0) is 23.6. The molecule has 0 N–H and O–H groups in total. The van der Waals surface area contributed by atoms with Gasteiger partial charge in [-0.15, -0.1) is 19.7 Å². The maximum Gasteiger partial charge on any atom is 0.343 e. The van der Waals surface area contributed by atoms with Gasteiger partial charge in [0.25, 0.3) is 0 Å². The molecule has 0 spiro atoms. The molecule has 0 amide bonds. The smallest absolute Gasteiger partial charge is 0.343 e. The van der Waals surface area contributed by atoms with E-state index in [-0.39, 0.29) is 0 Å². The minimum atomic E-state index is -0.506. The normalized spacial score (nSPS) is 10.2. The molecular formula is C29H26O4. The van der Waals surface area contributed by atoms with Crippen LogP contribution in [0.5, 0.6) is 11.5 Å². The minimum Gasteiger partial charge on any atom is -0.423 e. The van der Waals surface area contributed by atoms with Crippen LogP contribution in [-0.4, -0.2) is 11.9 Å². The van der Waals surface area contributed by atoms with Crippen LogP contribution in [-0.2, 0) is 19.3 Å². The Balaban J connectivity index is 1.85. The van der Waals surface area contributed by atoms with E-state index in [0.29, 0.717) is 47.5 Å². The van der Waals surface area contributed by atoms with E-state index in [0.717, 1.165) is 11.1 Å². The van der Waals surface area contributed by atoms with Crippen molar-refractivity contribution in [3.05, 3.63) is 133 Å². The van der Waals surface area contributed by atoms with E-state index in [1.807, 2.05) is 36.4 Å². The topological polar surface area (TPSA) is 52.6 Å². The summed E-state index contributed by atoms with van der Waals surface area (Å²) in [4.78, 5) is 25.8. The Kier molecular flexibility index (Phi) is 8.14. The van der Waals surface area contributed by atoms with Gasteiger partial charge >= 0.3 is 11.9 Å². The van der Waals surface area contributed by atoms with Crippen LogP contribution in [0.1, 0.15) is 37.4 Å². The molecule has 4 nitrogen and oxygen atoms in total. The first-order chi connectivity index (χ1) is 16.1. The van der Waals surface area contributed by atoms with Crippen molar-refractivity contribution in [2.24, 2.45) is 0 Å². The highest BCUT2D eigenvalue weighted by Gasteiger charge is 2.18. The number of allylic oxidation sites excluding steroid dienone is 3. The predicted molar refractivity (Wildman–Crippen MR) is 131 cm³/mol. The molecule has 3 rings (SSSR count). The summed E-state index contributed by atoms with van der Waals surface area (Å²) in [5.74, 6) is -0.0445. The van der Waals surface area contributed by atoms with E-state index >= 15 is 0 Å². The minimum absolute atomic E-state index is 0.337. The lowest BCUT2D eigenvalue weighted by Crippen LogP contribution is -2.15. The van der Waals surface area contributed by atoms with Gasteiger partial charge in [0, 0.05) is 0 Å². The first-order valence-corrected chi connectivity index (χ1v) is 10.6. The number of hydrogen-bond acceptors (Lipinski definition) is 4. The molecule has 4 heteroatoms. The first-order valence-electron chi connectivity index (χ1n) is 10.6. The molecular weight excluding hydrogens is 412 g/mol. The highest BCUT2D eigenvalue weighted by molar-refractivity contribution is 5.96. The van der Waals surface area contributed by atoms with Crippen LogP contribution in [0.4, 0.5) is 0 Å². The molecule has 0 fully saturated rings. The van der Waals surface area contributed by atoms with Crippen molar-refractivity contribution in [3.8, 4) is 11.5 Å². The second-order valence-corrected chi connectivity index (χ2v) is 7.34. The summed E-state index contributed by atoms with van der Waals surface area (Å²) in [5.41, 5.74) is 3.07. The second kappa shape index (κ2) is 11.4. The van der Waals surface area contributed by atoms with Gasteiger partial charge in [-0.3, -0.25) is 0 Å². The lowest BCUT2D eigenvalue weighted by molar-refractivity contribution is 0.0718. The van der Waals surface area contributed by atoms with Gasteiger partial charge in [-0.25, -0.2) is 9.59 Å². The molecule has 0 unspecified atom stereocenters. The molecule has 0 aliphatic heterocycles. The second-order valence-electron chi connectivity index (χ2n) is 7.34. The average molecular weight is 439 g/mol. The number of hydrogen-bond donors (Lipinski definition) is 0. The van der Waals surface area contributed by atoms with Gasteiger partial charge in [0.1, 0.15) is 11.5 Å². The summed E-state index contributed by atoms with van der Waals surface area (Å²) in [6, 6.07) is 19.4. The quantitative estimate of drug-likeness (QED) is 0.211. The van der Waals surface area contributed by atoms with Crippen LogP contribution in [0.3, 0.4) is 0 Å². The van der Waals surface area contributed by atoms with Crippen molar-refractivity contribution in [2.45, 2.75) is 19.3 Å². The third-order valence-electron chi connectivity index (χ3n) is 5.00. The van der Waals surface area contributed by atoms with Gasteiger partial charge in [0.15, 0.2) is 0 Å². The molecule has 0 aliphatic rings. The number of ether oxygens (including phenoxy) is 2. The van der Waals surface area contributed by atoms with Crippen LogP contribution in [0, 0.1) is 0 Å². The third-order valence-corrected chi connectivity index (χ3v) is 5.00. The SMILES string of the molecule is C=CCc1ccccc1OC(=O)c1ccc(C(=O)Oc2ccccc2CC=C)c(CC=C)c1. The fraction of sp³-hybridized carbons (Fsp3) is 0.103. The molecule has 0 aliphatic carbocycles. The maximum atomic E-state index is 12.9. The Morgan fingerprint density at radius 3 is 1.67 bits per heavy atom. The molecule has 0 bridgehead atoms. The fourth-order valence-corrected chi connectivity index (χ4v) is 3.41. The van der Waals surface area contributed by atoms with Gasteiger partial charge < -0.3 is 9.47 Å². The highest BCUT2D eigenvalue weighted by atomic mass is 16.5. The summed E-state index contributed by atoms with van der Waals surface area (Å²) < 4.78 is 11.3. The van der Waals surface area contributed by atoms with Gasteiger partial charge in [0.2, 0.25) is 0 Å². The Morgan fingerprint density at radius 1 is 0.636 bits per heavy atom. The Bertz CT molecular complexity index is 1190. The Morgan fingerprint density at radius 2 is 1.12 bits per heavy atom. The highest BCUT2D eigenvalue weighted by Crippen LogP contribution is 2.24. The summed E-state index contributed by atoms with van der Waals surface area (Å²) in [5, 5.41) is 0. The molecule has 0 saturated carbocycles. The Hall–Kier alpha value is -4.18. The van der Waals surface area contributed by atoms with Gasteiger partial charge in [0.05, 0.1) is 11.1 Å². The van der Waals surface area contributed by atoms with E-state index < -0.39 is 11.9 Å². The van der Waals surface area contributed by atoms with Gasteiger partial charge in [-0.1, -0.05) is 54.6 Å². The third kappa shape index (κ3) is 5.95. The largest absolute Gasteiger partial charge is 0.423 e. The summed E-state index contributed by atoms with van der Waals surface area (Å²) in [6.07, 6.45) is 6.75. The predicted octanol–water partition coefficient (Wildman–Crippen LogP) is 6.31. The Labute approximate surface area is 194 Å². The molecule has 0 heterocycles. The van der Waals surface area contributed by atoms with Gasteiger partial charge in [-0.05, 0) is 66.3 Å². The number of carbonyl (C=O) groups excluding carboxylic acids is 2. The monoisotopic (exact) mass is 438 g/mol. The molecule has 0 aromatic heterocycles. The zero-order valence-corrected chi connectivity index (χ0v) is 18.5. The fourth-order valence-electron chi connectivity index (χ4n) is 3.41. The first kappa shape index (κ1) is 23.5. The molecule has 33 heavy (non-hydrogen) atoms. The van der Waals surface area contributed by atoms with Crippen molar-refractivity contribution in [1.29, 1.82) is 0 Å². The molecule has 0 saturated heterocycles. The van der Waals surface area contributed by atoms with Crippen molar-refractivity contribution >= 4 is 11.9 Å². The molecule has 3 aromatic rings. The van der Waals surface area contributed by atoms with Crippen LogP contribution in [0.2, 0.25) is 0 Å². The van der Waals surface area contributed by atoms with Crippen LogP contribution >= 0.6 is 0 Å². The molecule has 0 radical (unpaired) electrons. The van der Waals surface area contributed by atoms with Crippen LogP contribution < -0.4 is 9.47 Å². The zero-order valence-electron chi connectivity index (χ0n) is 18.5. The van der Waals surface area contributed by atoms with Crippen molar-refractivity contribution in [3.63, 3.8) is 0 Å². The summed E-state index contributed by atoms with van der Waals surface area (Å²) >= 11 is 0. The van der Waals surface area contributed by atoms with Crippen LogP contribution in [0.25, 0.3) is 0 Å². The lowest BCUT2D eigenvalue weighted by atomic mass is 10.0. The van der Waals surface area contributed by atoms with E-state index in [1.54, 1.807) is 48.6 Å². The summed E-state index contributed by atoms with van der Waals surface area (Å²) in [7, 11) is 0. The van der Waals surface area contributed by atoms with Crippen molar-refractivity contribution < 1.29 is 19.1 Å². The van der Waals surface area contributed by atoms with Crippen molar-refractivity contribution in [1.82, 2.24) is 0 Å². The standard InChI is InChI=1S/C29H26O4/c1-4-11-21-14-7-9-16-26(21)32-28(30)24-18-19-25(23(20-24)13-6-3)29(31)33-27-17-10-8-15-22(27)12-5-2/h4-10,14-20H,1-3,11-13H2. The summed E-state index contributed by atoms with van der Waals surface area (Å²) in [6.45, 7) is 11.2. The van der Waals surface area contributed by atoms with E-state index in [2.05, 4.69) is 19.7 Å². The molecule has 166 valence electrons. The van der Waals surface area contributed by atoms with E-state index in [9.17, 15) is 9.59 Å². The number of carbonyl (C=O) groups is 2. The maximum absolute atomic E-state index is 12.9. The number of benzene rings is 3. The lowest BCUT2D eigenvalue weighted by Gasteiger charge is -2.13.